The summed E-state index contributed by atoms with van der Waals surface area (Å²) >= 11 is 5.84. The van der Waals surface area contributed by atoms with Crippen molar-refractivity contribution >= 4 is 23.2 Å². The van der Waals surface area contributed by atoms with E-state index < -0.39 is 5.54 Å². The smallest absolute Gasteiger partial charge is 0.243 e. The quantitative estimate of drug-likeness (QED) is 0.794. The molecule has 0 aliphatic carbocycles. The van der Waals surface area contributed by atoms with Crippen molar-refractivity contribution in [3.05, 3.63) is 29.3 Å². The Morgan fingerprint density at radius 1 is 1.33 bits per heavy atom. The number of benzene rings is 1. The molecule has 1 aromatic rings. The number of unbranched alkanes of at least 4 members (excludes halogenated alkanes) is 1. The molecule has 1 amide bonds. The Bertz CT molecular complexity index is 391. The first-order valence-electron chi connectivity index (χ1n) is 6.37. The van der Waals surface area contributed by atoms with Crippen molar-refractivity contribution in [1.29, 1.82) is 0 Å². The fourth-order valence-electron chi connectivity index (χ4n) is 1.97. The molecule has 0 saturated carbocycles. The minimum Gasteiger partial charge on any atom is -0.371 e. The van der Waals surface area contributed by atoms with Crippen molar-refractivity contribution < 1.29 is 4.79 Å². The standard InChI is InChI=1S/C14H21ClN2O/c1-3-5-10-14(4-2,13(16)18)17-12-8-6-11(15)7-9-12/h6-9,17H,3-5,10H2,1-2H3,(H2,16,18). The number of nitrogens with two attached hydrogens (primary N) is 1. The van der Waals surface area contributed by atoms with Crippen LogP contribution in [-0.2, 0) is 4.79 Å². The fraction of sp³-hybridized carbons (Fsp3) is 0.500. The van der Waals surface area contributed by atoms with Crippen LogP contribution in [0.1, 0.15) is 39.5 Å². The van der Waals surface area contributed by atoms with Crippen molar-refractivity contribution in [3.63, 3.8) is 0 Å². The Morgan fingerprint density at radius 2 is 1.94 bits per heavy atom. The van der Waals surface area contributed by atoms with Gasteiger partial charge in [0.05, 0.1) is 0 Å². The Kier molecular flexibility index (Phi) is 5.48. The lowest BCUT2D eigenvalue weighted by atomic mass is 9.88. The van der Waals surface area contributed by atoms with Crippen LogP contribution >= 0.6 is 11.6 Å². The third-order valence-electron chi connectivity index (χ3n) is 3.26. The molecule has 3 nitrogen and oxygen atoms in total. The van der Waals surface area contributed by atoms with Crippen LogP contribution in [0.4, 0.5) is 5.69 Å². The van der Waals surface area contributed by atoms with Gasteiger partial charge < -0.3 is 11.1 Å². The zero-order valence-electron chi connectivity index (χ0n) is 11.0. The third-order valence-corrected chi connectivity index (χ3v) is 3.51. The van der Waals surface area contributed by atoms with Gasteiger partial charge in [-0.05, 0) is 37.1 Å². The van der Waals surface area contributed by atoms with Crippen LogP contribution in [0, 0.1) is 0 Å². The predicted octanol–water partition coefficient (Wildman–Crippen LogP) is 3.58. The molecule has 0 aromatic heterocycles. The number of primary amides is 1. The predicted molar refractivity (Wildman–Crippen MR) is 76.8 cm³/mol. The van der Waals surface area contributed by atoms with Crippen LogP contribution in [-0.4, -0.2) is 11.4 Å². The van der Waals surface area contributed by atoms with Gasteiger partial charge in [-0.25, -0.2) is 0 Å². The van der Waals surface area contributed by atoms with Crippen molar-refractivity contribution in [2.45, 2.75) is 45.1 Å². The van der Waals surface area contributed by atoms with Crippen molar-refractivity contribution in [2.24, 2.45) is 5.73 Å². The number of rotatable bonds is 7. The summed E-state index contributed by atoms with van der Waals surface area (Å²) in [5.41, 5.74) is 5.78. The average Bonchev–Trinajstić information content (AvgIpc) is 2.36. The molecule has 0 aliphatic heterocycles. The zero-order valence-corrected chi connectivity index (χ0v) is 11.8. The van der Waals surface area contributed by atoms with E-state index in [0.717, 1.165) is 24.9 Å². The lowest BCUT2D eigenvalue weighted by molar-refractivity contribution is -0.122. The topological polar surface area (TPSA) is 55.1 Å². The molecule has 3 N–H and O–H groups in total. The van der Waals surface area contributed by atoms with Crippen molar-refractivity contribution in [3.8, 4) is 0 Å². The van der Waals surface area contributed by atoms with Crippen LogP contribution in [0.25, 0.3) is 0 Å². The zero-order chi connectivity index (χ0) is 13.6. The third kappa shape index (κ3) is 3.64. The van der Waals surface area contributed by atoms with Crippen LogP contribution < -0.4 is 11.1 Å². The maximum absolute atomic E-state index is 11.8. The molecule has 1 rings (SSSR count). The monoisotopic (exact) mass is 268 g/mol. The summed E-state index contributed by atoms with van der Waals surface area (Å²) in [6.45, 7) is 4.08. The van der Waals surface area contributed by atoms with Crippen LogP contribution in [0.5, 0.6) is 0 Å². The first kappa shape index (κ1) is 14.8. The molecule has 0 heterocycles. The van der Waals surface area contributed by atoms with Gasteiger partial charge in [-0.1, -0.05) is 38.3 Å². The highest BCUT2D eigenvalue weighted by Crippen LogP contribution is 2.25. The molecule has 0 fully saturated rings. The molecular weight excluding hydrogens is 248 g/mol. The van der Waals surface area contributed by atoms with Gasteiger partial charge >= 0.3 is 0 Å². The van der Waals surface area contributed by atoms with Crippen molar-refractivity contribution in [2.75, 3.05) is 5.32 Å². The van der Waals surface area contributed by atoms with E-state index in [1.54, 1.807) is 12.1 Å². The van der Waals surface area contributed by atoms with E-state index in [1.165, 1.54) is 0 Å². The Balaban J connectivity index is 2.89. The molecule has 4 heteroatoms. The van der Waals surface area contributed by atoms with E-state index in [2.05, 4.69) is 12.2 Å². The SMILES string of the molecule is CCCCC(CC)(Nc1ccc(Cl)cc1)C(N)=O. The highest BCUT2D eigenvalue weighted by molar-refractivity contribution is 6.30. The van der Waals surface area contributed by atoms with E-state index in [1.807, 2.05) is 19.1 Å². The van der Waals surface area contributed by atoms with Crippen molar-refractivity contribution in [1.82, 2.24) is 0 Å². The Labute approximate surface area is 114 Å². The maximum atomic E-state index is 11.8. The summed E-state index contributed by atoms with van der Waals surface area (Å²) in [6.07, 6.45) is 3.43. The van der Waals surface area contributed by atoms with Gasteiger partial charge in [0.15, 0.2) is 0 Å². The van der Waals surface area contributed by atoms with E-state index >= 15 is 0 Å². The number of hydrogen-bond donors (Lipinski definition) is 2. The average molecular weight is 269 g/mol. The number of halogens is 1. The van der Waals surface area contributed by atoms with E-state index in [4.69, 9.17) is 17.3 Å². The van der Waals surface area contributed by atoms with E-state index in [0.29, 0.717) is 11.4 Å². The van der Waals surface area contributed by atoms with Gasteiger partial charge in [-0.2, -0.15) is 0 Å². The second kappa shape index (κ2) is 6.64. The highest BCUT2D eigenvalue weighted by atomic mass is 35.5. The summed E-state index contributed by atoms with van der Waals surface area (Å²) in [6, 6.07) is 7.32. The maximum Gasteiger partial charge on any atom is 0.243 e. The second-order valence-electron chi connectivity index (χ2n) is 4.54. The molecule has 0 bridgehead atoms. The second-order valence-corrected chi connectivity index (χ2v) is 4.97. The molecular formula is C14H21ClN2O. The van der Waals surface area contributed by atoms with Crippen LogP contribution in [0.15, 0.2) is 24.3 Å². The van der Waals surface area contributed by atoms with E-state index in [9.17, 15) is 4.79 Å². The number of carbonyl (C=O) groups is 1. The number of amides is 1. The minimum atomic E-state index is -0.663. The Morgan fingerprint density at radius 3 is 2.39 bits per heavy atom. The van der Waals surface area contributed by atoms with E-state index in [-0.39, 0.29) is 5.91 Å². The lowest BCUT2D eigenvalue weighted by Crippen LogP contribution is -2.50. The number of hydrogen-bond acceptors (Lipinski definition) is 2. The van der Waals surface area contributed by atoms with Gasteiger partial charge in [-0.3, -0.25) is 4.79 Å². The molecule has 1 aromatic carbocycles. The summed E-state index contributed by atoms with van der Waals surface area (Å²) in [7, 11) is 0. The Hall–Kier alpha value is -1.22. The molecule has 100 valence electrons. The van der Waals surface area contributed by atoms with Gasteiger partial charge in [-0.15, -0.1) is 0 Å². The molecule has 0 radical (unpaired) electrons. The summed E-state index contributed by atoms with van der Waals surface area (Å²) in [4.78, 5) is 11.8. The minimum absolute atomic E-state index is 0.298. The van der Waals surface area contributed by atoms with Crippen LogP contribution in [0.2, 0.25) is 5.02 Å². The molecule has 0 aliphatic rings. The van der Waals surface area contributed by atoms with Gasteiger partial charge in [0.2, 0.25) is 5.91 Å². The van der Waals surface area contributed by atoms with Gasteiger partial charge in [0.25, 0.3) is 0 Å². The first-order chi connectivity index (χ1) is 8.54. The molecule has 0 saturated heterocycles. The fourth-order valence-corrected chi connectivity index (χ4v) is 2.10. The molecule has 18 heavy (non-hydrogen) atoms. The summed E-state index contributed by atoms with van der Waals surface area (Å²) < 4.78 is 0. The molecule has 0 spiro atoms. The number of anilines is 1. The summed E-state index contributed by atoms with van der Waals surface area (Å²) in [5.74, 6) is -0.298. The first-order valence-corrected chi connectivity index (χ1v) is 6.75. The normalized spacial score (nSPS) is 13.9. The van der Waals surface area contributed by atoms with Gasteiger partial charge in [0.1, 0.15) is 5.54 Å². The highest BCUT2D eigenvalue weighted by Gasteiger charge is 2.33. The van der Waals surface area contributed by atoms with Crippen LogP contribution in [0.3, 0.4) is 0 Å². The number of nitrogens with one attached hydrogen (secondary N) is 1. The van der Waals surface area contributed by atoms with Gasteiger partial charge in [0, 0.05) is 10.7 Å². The molecule has 1 unspecified atom stereocenters. The number of carbonyl (C=O) groups excluding carboxylic acids is 1. The lowest BCUT2D eigenvalue weighted by Gasteiger charge is -2.31. The largest absolute Gasteiger partial charge is 0.371 e. The molecule has 1 atom stereocenters. The summed E-state index contributed by atoms with van der Waals surface area (Å²) in [5, 5.41) is 3.95.